The Balaban J connectivity index is 2.36. The number of nitrogens with one attached hydrogen (secondary N) is 1. The largest absolute Gasteiger partial charge is 0.430 e. The Morgan fingerprint density at radius 3 is 2.67 bits per heavy atom. The molecular weight excluding hydrogens is 349 g/mol. The molecular formula is C11H7BrFN5O3. The van der Waals surface area contributed by atoms with Gasteiger partial charge in [0.05, 0.1) is 21.8 Å². The second kappa shape index (κ2) is 5.79. The highest BCUT2D eigenvalue weighted by atomic mass is 79.9. The molecule has 8 nitrogen and oxygen atoms in total. The average molecular weight is 356 g/mol. The SMILES string of the molecule is N=C(N)c1cnc(Oc2cc(F)c(Br)cc2[N+](=O)[O-])cn1. The summed E-state index contributed by atoms with van der Waals surface area (Å²) in [6.45, 7) is 0. The normalized spacial score (nSPS) is 10.2. The molecule has 21 heavy (non-hydrogen) atoms. The summed E-state index contributed by atoms with van der Waals surface area (Å²) < 4.78 is 18.6. The molecule has 0 aliphatic rings. The van der Waals surface area contributed by atoms with Crippen molar-refractivity contribution in [2.45, 2.75) is 0 Å². The first-order valence-electron chi connectivity index (χ1n) is 5.36. The topological polar surface area (TPSA) is 128 Å². The average Bonchev–Trinajstić information content (AvgIpc) is 2.43. The molecule has 108 valence electrons. The van der Waals surface area contributed by atoms with Crippen LogP contribution in [-0.2, 0) is 0 Å². The van der Waals surface area contributed by atoms with Crippen LogP contribution in [-0.4, -0.2) is 20.7 Å². The number of rotatable bonds is 4. The number of benzene rings is 1. The molecule has 0 unspecified atom stereocenters. The fourth-order valence-corrected chi connectivity index (χ4v) is 1.69. The Hall–Kier alpha value is -2.62. The van der Waals surface area contributed by atoms with Crippen molar-refractivity contribution in [3.8, 4) is 11.6 Å². The van der Waals surface area contributed by atoms with E-state index >= 15 is 0 Å². The van der Waals surface area contributed by atoms with E-state index in [9.17, 15) is 14.5 Å². The van der Waals surface area contributed by atoms with Crippen LogP contribution >= 0.6 is 15.9 Å². The van der Waals surface area contributed by atoms with Gasteiger partial charge in [-0.2, -0.15) is 0 Å². The number of nitrogens with zero attached hydrogens (tertiary/aromatic N) is 3. The minimum absolute atomic E-state index is 0.0560. The number of hydrogen-bond donors (Lipinski definition) is 2. The van der Waals surface area contributed by atoms with Crippen LogP contribution in [0.4, 0.5) is 10.1 Å². The molecule has 1 aromatic carbocycles. The Morgan fingerprint density at radius 1 is 1.43 bits per heavy atom. The lowest BCUT2D eigenvalue weighted by Gasteiger charge is -2.06. The zero-order chi connectivity index (χ0) is 15.6. The van der Waals surface area contributed by atoms with Crippen LogP contribution in [0, 0.1) is 21.3 Å². The molecule has 0 atom stereocenters. The summed E-state index contributed by atoms with van der Waals surface area (Å²) in [4.78, 5) is 17.8. The Labute approximate surface area is 125 Å². The third kappa shape index (κ3) is 3.28. The van der Waals surface area contributed by atoms with Gasteiger partial charge in [0.25, 0.3) is 0 Å². The first-order chi connectivity index (χ1) is 9.88. The lowest BCUT2D eigenvalue weighted by Crippen LogP contribution is -2.13. The van der Waals surface area contributed by atoms with E-state index in [0.717, 1.165) is 18.3 Å². The van der Waals surface area contributed by atoms with E-state index in [-0.39, 0.29) is 27.6 Å². The molecule has 0 aliphatic heterocycles. The first kappa shape index (κ1) is 14.8. The Morgan fingerprint density at radius 2 is 2.14 bits per heavy atom. The molecule has 2 rings (SSSR count). The van der Waals surface area contributed by atoms with Gasteiger partial charge in [-0.15, -0.1) is 0 Å². The molecule has 0 radical (unpaired) electrons. The highest BCUT2D eigenvalue weighted by Crippen LogP contribution is 2.34. The molecule has 0 aliphatic carbocycles. The molecule has 2 aromatic rings. The number of nitrogen functional groups attached to an aromatic ring is 1. The maximum Gasteiger partial charge on any atom is 0.312 e. The summed E-state index contributed by atoms with van der Waals surface area (Å²) in [5, 5.41) is 18.1. The van der Waals surface area contributed by atoms with Crippen molar-refractivity contribution in [2.24, 2.45) is 5.73 Å². The van der Waals surface area contributed by atoms with Gasteiger partial charge in [-0.25, -0.2) is 14.4 Å². The lowest BCUT2D eigenvalue weighted by atomic mass is 10.3. The van der Waals surface area contributed by atoms with Crippen molar-refractivity contribution in [2.75, 3.05) is 0 Å². The number of nitro groups is 1. The summed E-state index contributed by atoms with van der Waals surface area (Å²) >= 11 is 2.86. The molecule has 0 fully saturated rings. The standard InChI is InChI=1S/C11H7BrFN5O3/c12-5-1-8(18(19)20)9(2-6(5)13)21-10-4-16-7(3-17-10)11(14)15/h1-4H,(H3,14,15). The van der Waals surface area contributed by atoms with E-state index in [1.54, 1.807) is 0 Å². The van der Waals surface area contributed by atoms with E-state index in [2.05, 4.69) is 25.9 Å². The summed E-state index contributed by atoms with van der Waals surface area (Å²) in [6.07, 6.45) is 2.29. The molecule has 0 bridgehead atoms. The van der Waals surface area contributed by atoms with Crippen molar-refractivity contribution >= 4 is 27.5 Å². The predicted octanol–water partition coefficient (Wildman–Crippen LogP) is 2.36. The number of ether oxygens (including phenoxy) is 1. The number of halogens is 2. The van der Waals surface area contributed by atoms with E-state index < -0.39 is 16.4 Å². The summed E-state index contributed by atoms with van der Waals surface area (Å²) in [6, 6.07) is 1.85. The van der Waals surface area contributed by atoms with Crippen molar-refractivity contribution in [1.82, 2.24) is 9.97 Å². The summed E-state index contributed by atoms with van der Waals surface area (Å²) in [7, 11) is 0. The highest BCUT2D eigenvalue weighted by Gasteiger charge is 2.20. The lowest BCUT2D eigenvalue weighted by molar-refractivity contribution is -0.385. The zero-order valence-corrected chi connectivity index (χ0v) is 11.8. The van der Waals surface area contributed by atoms with Crippen LogP contribution in [0.2, 0.25) is 0 Å². The Bertz CT molecular complexity index is 723. The van der Waals surface area contributed by atoms with Gasteiger partial charge in [-0.3, -0.25) is 15.5 Å². The van der Waals surface area contributed by atoms with Crippen LogP contribution in [0.1, 0.15) is 5.69 Å². The van der Waals surface area contributed by atoms with Gasteiger partial charge in [0, 0.05) is 12.1 Å². The molecule has 1 heterocycles. The minimum atomic E-state index is -0.719. The predicted molar refractivity (Wildman–Crippen MR) is 73.9 cm³/mol. The van der Waals surface area contributed by atoms with Gasteiger partial charge in [-0.1, -0.05) is 0 Å². The van der Waals surface area contributed by atoms with E-state index in [1.165, 1.54) is 6.20 Å². The van der Waals surface area contributed by atoms with Gasteiger partial charge in [0.2, 0.25) is 11.6 Å². The van der Waals surface area contributed by atoms with Crippen LogP contribution < -0.4 is 10.5 Å². The van der Waals surface area contributed by atoms with E-state index in [1.807, 2.05) is 0 Å². The second-order valence-corrected chi connectivity index (χ2v) is 4.60. The number of hydrogen-bond acceptors (Lipinski definition) is 6. The quantitative estimate of drug-likeness (QED) is 0.375. The zero-order valence-electron chi connectivity index (χ0n) is 10.2. The molecule has 0 amide bonds. The highest BCUT2D eigenvalue weighted by molar-refractivity contribution is 9.10. The molecule has 0 saturated heterocycles. The smallest absolute Gasteiger partial charge is 0.312 e. The van der Waals surface area contributed by atoms with E-state index in [0.29, 0.717) is 0 Å². The van der Waals surface area contributed by atoms with Gasteiger partial charge < -0.3 is 10.5 Å². The van der Waals surface area contributed by atoms with Crippen LogP contribution in [0.15, 0.2) is 29.0 Å². The van der Waals surface area contributed by atoms with Gasteiger partial charge in [0.1, 0.15) is 17.3 Å². The summed E-state index contributed by atoms with van der Waals surface area (Å²) in [5.74, 6) is -1.41. The second-order valence-electron chi connectivity index (χ2n) is 3.75. The fourth-order valence-electron chi connectivity index (χ4n) is 1.36. The molecule has 0 spiro atoms. The minimum Gasteiger partial charge on any atom is -0.430 e. The van der Waals surface area contributed by atoms with Gasteiger partial charge in [-0.05, 0) is 15.9 Å². The monoisotopic (exact) mass is 355 g/mol. The fraction of sp³-hybridized carbons (Fsp3) is 0. The van der Waals surface area contributed by atoms with Crippen molar-refractivity contribution in [3.05, 3.63) is 50.6 Å². The van der Waals surface area contributed by atoms with Gasteiger partial charge in [0.15, 0.2) is 0 Å². The third-order valence-electron chi connectivity index (χ3n) is 2.32. The first-order valence-corrected chi connectivity index (χ1v) is 6.15. The van der Waals surface area contributed by atoms with Crippen LogP contribution in [0.25, 0.3) is 0 Å². The van der Waals surface area contributed by atoms with Crippen molar-refractivity contribution in [1.29, 1.82) is 5.41 Å². The number of amidine groups is 1. The van der Waals surface area contributed by atoms with Crippen molar-refractivity contribution in [3.63, 3.8) is 0 Å². The Kier molecular flexibility index (Phi) is 4.08. The number of nitro benzene ring substituents is 1. The molecule has 3 N–H and O–H groups in total. The molecule has 10 heteroatoms. The third-order valence-corrected chi connectivity index (χ3v) is 2.92. The van der Waals surface area contributed by atoms with Crippen LogP contribution in [0.5, 0.6) is 11.6 Å². The van der Waals surface area contributed by atoms with E-state index in [4.69, 9.17) is 15.9 Å². The maximum atomic E-state index is 13.5. The summed E-state index contributed by atoms with van der Waals surface area (Å²) in [5.41, 5.74) is 4.91. The number of nitrogens with two attached hydrogens (primary N) is 1. The van der Waals surface area contributed by atoms with Crippen LogP contribution in [0.3, 0.4) is 0 Å². The molecule has 0 saturated carbocycles. The number of aromatic nitrogens is 2. The van der Waals surface area contributed by atoms with Crippen molar-refractivity contribution < 1.29 is 14.1 Å². The maximum absolute atomic E-state index is 13.5. The van der Waals surface area contributed by atoms with Gasteiger partial charge >= 0.3 is 5.69 Å². The molecule has 1 aromatic heterocycles.